The third-order valence-corrected chi connectivity index (χ3v) is 2.60. The van der Waals surface area contributed by atoms with Gasteiger partial charge in [-0.15, -0.1) is 0 Å². The van der Waals surface area contributed by atoms with Gasteiger partial charge in [0.25, 0.3) is 0 Å². The first kappa shape index (κ1) is 11.7. The largest absolute Gasteiger partial charge is 0.457 e. The molecule has 88 valence electrons. The molecular weight excluding hydrogens is 210 g/mol. The first-order valence-corrected chi connectivity index (χ1v) is 5.76. The standard InChI is InChI=1S/C15H17NO/c1-12-8-9-13(11-16-2)10-15(12)17-14-6-4-3-5-7-14/h3-10,16H,11H2,1-2H3. The van der Waals surface area contributed by atoms with E-state index in [0.29, 0.717) is 0 Å². The highest BCUT2D eigenvalue weighted by atomic mass is 16.5. The molecule has 0 spiro atoms. The molecule has 1 N–H and O–H groups in total. The van der Waals surface area contributed by atoms with Gasteiger partial charge < -0.3 is 10.1 Å². The number of para-hydroxylation sites is 1. The Hall–Kier alpha value is -1.80. The predicted molar refractivity (Wildman–Crippen MR) is 70.5 cm³/mol. The van der Waals surface area contributed by atoms with Crippen LogP contribution in [0.1, 0.15) is 11.1 Å². The lowest BCUT2D eigenvalue weighted by molar-refractivity contribution is 0.478. The molecular formula is C15H17NO. The molecule has 2 aromatic carbocycles. The molecule has 0 aliphatic rings. The predicted octanol–water partition coefficient (Wildman–Crippen LogP) is 3.51. The van der Waals surface area contributed by atoms with Gasteiger partial charge in [0.1, 0.15) is 11.5 Å². The van der Waals surface area contributed by atoms with Crippen molar-refractivity contribution in [3.63, 3.8) is 0 Å². The summed E-state index contributed by atoms with van der Waals surface area (Å²) in [5.74, 6) is 1.79. The van der Waals surface area contributed by atoms with Crippen molar-refractivity contribution in [2.75, 3.05) is 7.05 Å². The minimum Gasteiger partial charge on any atom is -0.457 e. The smallest absolute Gasteiger partial charge is 0.130 e. The lowest BCUT2D eigenvalue weighted by Gasteiger charge is -2.10. The van der Waals surface area contributed by atoms with Gasteiger partial charge in [-0.25, -0.2) is 0 Å². The van der Waals surface area contributed by atoms with Gasteiger partial charge in [0, 0.05) is 6.54 Å². The Morgan fingerprint density at radius 3 is 2.53 bits per heavy atom. The van der Waals surface area contributed by atoms with E-state index in [4.69, 9.17) is 4.74 Å². The molecule has 2 heteroatoms. The molecule has 2 aromatic rings. The molecule has 0 atom stereocenters. The first-order chi connectivity index (χ1) is 8.29. The quantitative estimate of drug-likeness (QED) is 0.863. The van der Waals surface area contributed by atoms with Crippen LogP contribution in [0.15, 0.2) is 48.5 Å². The van der Waals surface area contributed by atoms with Crippen molar-refractivity contribution in [2.45, 2.75) is 13.5 Å². The van der Waals surface area contributed by atoms with Crippen molar-refractivity contribution in [1.29, 1.82) is 0 Å². The highest BCUT2D eigenvalue weighted by molar-refractivity contribution is 5.40. The van der Waals surface area contributed by atoms with Gasteiger partial charge in [0.2, 0.25) is 0 Å². The Bertz CT molecular complexity index is 480. The maximum Gasteiger partial charge on any atom is 0.130 e. The van der Waals surface area contributed by atoms with E-state index in [2.05, 4.69) is 30.4 Å². The maximum absolute atomic E-state index is 5.87. The van der Waals surface area contributed by atoms with E-state index in [1.165, 1.54) is 5.56 Å². The number of hydrogen-bond donors (Lipinski definition) is 1. The summed E-state index contributed by atoms with van der Waals surface area (Å²) in [4.78, 5) is 0. The van der Waals surface area contributed by atoms with E-state index in [-0.39, 0.29) is 0 Å². The van der Waals surface area contributed by atoms with E-state index in [1.54, 1.807) is 0 Å². The average molecular weight is 227 g/mol. The summed E-state index contributed by atoms with van der Waals surface area (Å²) in [7, 11) is 1.94. The fraction of sp³-hybridized carbons (Fsp3) is 0.200. The molecule has 2 nitrogen and oxygen atoms in total. The van der Waals surface area contributed by atoms with Gasteiger partial charge in [-0.1, -0.05) is 30.3 Å². The topological polar surface area (TPSA) is 21.3 Å². The fourth-order valence-electron chi connectivity index (χ4n) is 1.68. The highest BCUT2D eigenvalue weighted by Gasteiger charge is 2.02. The summed E-state index contributed by atoms with van der Waals surface area (Å²) in [5, 5.41) is 3.14. The third-order valence-electron chi connectivity index (χ3n) is 2.60. The van der Waals surface area contributed by atoms with Crippen molar-refractivity contribution >= 4 is 0 Å². The number of nitrogens with one attached hydrogen (secondary N) is 1. The Morgan fingerprint density at radius 2 is 1.82 bits per heavy atom. The lowest BCUT2D eigenvalue weighted by Crippen LogP contribution is -2.05. The molecule has 2 rings (SSSR count). The van der Waals surface area contributed by atoms with E-state index in [9.17, 15) is 0 Å². The van der Waals surface area contributed by atoms with Crippen molar-refractivity contribution in [1.82, 2.24) is 5.32 Å². The van der Waals surface area contributed by atoms with E-state index >= 15 is 0 Å². The zero-order valence-electron chi connectivity index (χ0n) is 10.2. The van der Waals surface area contributed by atoms with Gasteiger partial charge in [0.05, 0.1) is 0 Å². The van der Waals surface area contributed by atoms with Crippen LogP contribution in [0.3, 0.4) is 0 Å². The summed E-state index contributed by atoms with van der Waals surface area (Å²) in [6.07, 6.45) is 0. The molecule has 0 heterocycles. The van der Waals surface area contributed by atoms with Crippen LogP contribution in [0.5, 0.6) is 11.5 Å². The van der Waals surface area contributed by atoms with Gasteiger partial charge in [0.15, 0.2) is 0 Å². The van der Waals surface area contributed by atoms with Crippen LogP contribution in [-0.4, -0.2) is 7.05 Å². The number of rotatable bonds is 4. The zero-order chi connectivity index (χ0) is 12.1. The van der Waals surface area contributed by atoms with Crippen molar-refractivity contribution in [3.05, 3.63) is 59.7 Å². The van der Waals surface area contributed by atoms with Crippen molar-refractivity contribution < 1.29 is 4.74 Å². The molecule has 17 heavy (non-hydrogen) atoms. The van der Waals surface area contributed by atoms with Crippen LogP contribution in [0.25, 0.3) is 0 Å². The second-order valence-electron chi connectivity index (χ2n) is 4.05. The Balaban J connectivity index is 2.22. The molecule has 0 aromatic heterocycles. The minimum absolute atomic E-state index is 0.853. The fourth-order valence-corrected chi connectivity index (χ4v) is 1.68. The molecule has 0 aliphatic heterocycles. The monoisotopic (exact) mass is 227 g/mol. The number of aryl methyl sites for hydroxylation is 1. The van der Waals surface area contributed by atoms with Gasteiger partial charge >= 0.3 is 0 Å². The van der Waals surface area contributed by atoms with E-state index < -0.39 is 0 Å². The molecule has 0 saturated carbocycles. The average Bonchev–Trinajstić information content (AvgIpc) is 2.35. The van der Waals surface area contributed by atoms with Crippen LogP contribution in [0.2, 0.25) is 0 Å². The van der Waals surface area contributed by atoms with Gasteiger partial charge in [-0.2, -0.15) is 0 Å². The van der Waals surface area contributed by atoms with Crippen LogP contribution >= 0.6 is 0 Å². The number of benzene rings is 2. The SMILES string of the molecule is CNCc1ccc(C)c(Oc2ccccc2)c1. The molecule has 0 unspecified atom stereocenters. The Kier molecular flexibility index (Phi) is 3.78. The molecule has 0 radical (unpaired) electrons. The third kappa shape index (κ3) is 3.08. The first-order valence-electron chi connectivity index (χ1n) is 5.76. The van der Waals surface area contributed by atoms with Crippen LogP contribution in [0, 0.1) is 6.92 Å². The second-order valence-corrected chi connectivity index (χ2v) is 4.05. The summed E-state index contributed by atoms with van der Waals surface area (Å²) in [5.41, 5.74) is 2.37. The molecule has 0 saturated heterocycles. The molecule has 0 fully saturated rings. The van der Waals surface area contributed by atoms with Crippen LogP contribution < -0.4 is 10.1 Å². The minimum atomic E-state index is 0.853. The summed E-state index contributed by atoms with van der Waals surface area (Å²) < 4.78 is 5.87. The number of ether oxygens (including phenoxy) is 1. The zero-order valence-corrected chi connectivity index (χ0v) is 10.2. The van der Waals surface area contributed by atoms with Gasteiger partial charge in [-0.05, 0) is 43.3 Å². The van der Waals surface area contributed by atoms with Crippen molar-refractivity contribution in [2.24, 2.45) is 0 Å². The maximum atomic E-state index is 5.87. The molecule has 0 aliphatic carbocycles. The summed E-state index contributed by atoms with van der Waals surface area (Å²) in [6.45, 7) is 2.91. The lowest BCUT2D eigenvalue weighted by atomic mass is 10.1. The second kappa shape index (κ2) is 5.51. The highest BCUT2D eigenvalue weighted by Crippen LogP contribution is 2.25. The molecule has 0 amide bonds. The molecule has 0 bridgehead atoms. The normalized spacial score (nSPS) is 10.2. The van der Waals surface area contributed by atoms with Crippen LogP contribution in [0.4, 0.5) is 0 Å². The van der Waals surface area contributed by atoms with Crippen molar-refractivity contribution in [3.8, 4) is 11.5 Å². The van der Waals surface area contributed by atoms with E-state index in [0.717, 1.165) is 23.6 Å². The summed E-state index contributed by atoms with van der Waals surface area (Å²) >= 11 is 0. The van der Waals surface area contributed by atoms with E-state index in [1.807, 2.05) is 37.4 Å². The Labute approximate surface area is 102 Å². The van der Waals surface area contributed by atoms with Crippen LogP contribution in [-0.2, 0) is 6.54 Å². The summed E-state index contributed by atoms with van der Waals surface area (Å²) in [6, 6.07) is 16.1. The van der Waals surface area contributed by atoms with Gasteiger partial charge in [-0.3, -0.25) is 0 Å². The number of hydrogen-bond acceptors (Lipinski definition) is 2. The Morgan fingerprint density at radius 1 is 1.06 bits per heavy atom.